The fraction of sp³-hybridized carbons (Fsp3) is 0.357. The zero-order valence-electron chi connectivity index (χ0n) is 9.86. The van der Waals surface area contributed by atoms with Crippen LogP contribution in [0.2, 0.25) is 0 Å². The summed E-state index contributed by atoms with van der Waals surface area (Å²) in [6.07, 6.45) is 4.04. The van der Waals surface area contributed by atoms with Crippen molar-refractivity contribution in [3.63, 3.8) is 0 Å². The van der Waals surface area contributed by atoms with E-state index in [2.05, 4.69) is 31.2 Å². The average Bonchev–Trinajstić information content (AvgIpc) is 2.26. The third kappa shape index (κ3) is 4.30. The third-order valence-electron chi connectivity index (χ3n) is 2.61. The van der Waals surface area contributed by atoms with Crippen molar-refractivity contribution in [3.05, 3.63) is 47.0 Å². The minimum absolute atomic E-state index is 0.803. The van der Waals surface area contributed by atoms with Gasteiger partial charge in [0, 0.05) is 6.08 Å². The van der Waals surface area contributed by atoms with Crippen LogP contribution in [-0.2, 0) is 17.6 Å². The van der Waals surface area contributed by atoms with Crippen molar-refractivity contribution in [1.82, 2.24) is 0 Å². The minimum atomic E-state index is -0.862. The van der Waals surface area contributed by atoms with Crippen LogP contribution >= 0.6 is 0 Å². The van der Waals surface area contributed by atoms with Gasteiger partial charge < -0.3 is 5.11 Å². The summed E-state index contributed by atoms with van der Waals surface area (Å²) in [5, 5.41) is 8.57. The second kappa shape index (κ2) is 6.11. The summed E-state index contributed by atoms with van der Waals surface area (Å²) in [6, 6.07) is 8.50. The highest BCUT2D eigenvalue weighted by atomic mass is 16.4. The van der Waals surface area contributed by atoms with Gasteiger partial charge in [0.15, 0.2) is 0 Å². The molecule has 0 aliphatic rings. The number of hydrogen-bond donors (Lipinski definition) is 1. The molecule has 0 radical (unpaired) electrons. The predicted molar refractivity (Wildman–Crippen MR) is 65.5 cm³/mol. The van der Waals surface area contributed by atoms with Crippen LogP contribution in [0.5, 0.6) is 0 Å². The number of hydrogen-bond acceptors (Lipinski definition) is 1. The first-order valence-corrected chi connectivity index (χ1v) is 5.59. The Morgan fingerprint density at radius 1 is 1.25 bits per heavy atom. The zero-order chi connectivity index (χ0) is 12.0. The number of rotatable bonds is 5. The lowest BCUT2D eigenvalue weighted by molar-refractivity contribution is -0.131. The van der Waals surface area contributed by atoms with Gasteiger partial charge in [-0.1, -0.05) is 36.8 Å². The van der Waals surface area contributed by atoms with E-state index >= 15 is 0 Å². The molecule has 2 nitrogen and oxygen atoms in total. The molecule has 1 N–H and O–H groups in total. The van der Waals surface area contributed by atoms with Crippen LogP contribution in [0.1, 0.15) is 31.4 Å². The van der Waals surface area contributed by atoms with E-state index < -0.39 is 5.97 Å². The molecule has 0 unspecified atom stereocenters. The molecule has 0 fully saturated rings. The van der Waals surface area contributed by atoms with E-state index in [1.165, 1.54) is 17.2 Å². The first-order valence-electron chi connectivity index (χ1n) is 5.59. The van der Waals surface area contributed by atoms with Gasteiger partial charge in [0.1, 0.15) is 0 Å². The van der Waals surface area contributed by atoms with E-state index in [0.29, 0.717) is 0 Å². The summed E-state index contributed by atoms with van der Waals surface area (Å²) in [4.78, 5) is 10.4. The largest absolute Gasteiger partial charge is 0.478 e. The molecule has 0 saturated heterocycles. The molecule has 0 atom stereocenters. The molecule has 0 saturated carbocycles. The van der Waals surface area contributed by atoms with E-state index in [0.717, 1.165) is 24.8 Å². The van der Waals surface area contributed by atoms with Gasteiger partial charge in [-0.05, 0) is 37.3 Å². The van der Waals surface area contributed by atoms with Crippen LogP contribution in [0.25, 0.3) is 0 Å². The van der Waals surface area contributed by atoms with Crippen molar-refractivity contribution < 1.29 is 9.90 Å². The van der Waals surface area contributed by atoms with Gasteiger partial charge >= 0.3 is 5.97 Å². The number of carboxylic acids is 1. The summed E-state index contributed by atoms with van der Waals surface area (Å²) in [5.74, 6) is -0.862. The molecular weight excluding hydrogens is 200 g/mol. The van der Waals surface area contributed by atoms with Crippen molar-refractivity contribution in [2.75, 3.05) is 0 Å². The van der Waals surface area contributed by atoms with Gasteiger partial charge in [-0.15, -0.1) is 0 Å². The maximum absolute atomic E-state index is 10.4. The Morgan fingerprint density at radius 2 is 1.81 bits per heavy atom. The maximum Gasteiger partial charge on any atom is 0.328 e. The van der Waals surface area contributed by atoms with Crippen LogP contribution in [0.4, 0.5) is 0 Å². The van der Waals surface area contributed by atoms with Crippen LogP contribution in [0.15, 0.2) is 35.9 Å². The molecule has 0 aliphatic heterocycles. The minimum Gasteiger partial charge on any atom is -0.478 e. The molecule has 2 heteroatoms. The lowest BCUT2D eigenvalue weighted by Gasteiger charge is -2.03. The molecule has 0 aromatic heterocycles. The highest BCUT2D eigenvalue weighted by Crippen LogP contribution is 2.10. The van der Waals surface area contributed by atoms with Crippen molar-refractivity contribution in [2.45, 2.75) is 33.1 Å². The van der Waals surface area contributed by atoms with Crippen LogP contribution in [0, 0.1) is 0 Å². The Bertz CT molecular complexity index is 374. The number of allylic oxidation sites excluding steroid dienone is 1. The van der Waals surface area contributed by atoms with Crippen LogP contribution in [0.3, 0.4) is 0 Å². The van der Waals surface area contributed by atoms with Gasteiger partial charge in [-0.3, -0.25) is 0 Å². The SMILES string of the molecule is CCc1ccc(CCC(C)=CC(=O)O)cc1. The van der Waals surface area contributed by atoms with Crippen LogP contribution < -0.4 is 0 Å². The van der Waals surface area contributed by atoms with Crippen molar-refractivity contribution in [1.29, 1.82) is 0 Å². The molecule has 0 amide bonds. The Morgan fingerprint density at radius 3 is 2.31 bits per heavy atom. The predicted octanol–water partition coefficient (Wildman–Crippen LogP) is 3.21. The van der Waals surface area contributed by atoms with E-state index in [9.17, 15) is 4.79 Å². The summed E-state index contributed by atoms with van der Waals surface area (Å²) >= 11 is 0. The van der Waals surface area contributed by atoms with E-state index in [4.69, 9.17) is 5.11 Å². The molecule has 1 rings (SSSR count). The Balaban J connectivity index is 2.51. The zero-order valence-corrected chi connectivity index (χ0v) is 9.86. The molecule has 0 aliphatic carbocycles. The topological polar surface area (TPSA) is 37.3 Å². The lowest BCUT2D eigenvalue weighted by Crippen LogP contribution is -1.92. The highest BCUT2D eigenvalue weighted by Gasteiger charge is 1.97. The van der Waals surface area contributed by atoms with E-state index in [1.807, 2.05) is 6.92 Å². The summed E-state index contributed by atoms with van der Waals surface area (Å²) in [7, 11) is 0. The maximum atomic E-state index is 10.4. The molecule has 0 spiro atoms. The molecule has 16 heavy (non-hydrogen) atoms. The standard InChI is InChI=1S/C14H18O2/c1-3-12-6-8-13(9-7-12)5-4-11(2)10-14(15)16/h6-10H,3-5H2,1-2H3,(H,15,16). The second-order valence-electron chi connectivity index (χ2n) is 4.00. The molecule has 1 aromatic carbocycles. The smallest absolute Gasteiger partial charge is 0.328 e. The monoisotopic (exact) mass is 218 g/mol. The summed E-state index contributed by atoms with van der Waals surface area (Å²) < 4.78 is 0. The number of carbonyl (C=O) groups is 1. The van der Waals surface area contributed by atoms with Gasteiger partial charge in [-0.2, -0.15) is 0 Å². The summed E-state index contributed by atoms with van der Waals surface area (Å²) in [6.45, 7) is 3.99. The first-order chi connectivity index (χ1) is 7.61. The quantitative estimate of drug-likeness (QED) is 0.770. The Hall–Kier alpha value is -1.57. The third-order valence-corrected chi connectivity index (χ3v) is 2.61. The fourth-order valence-corrected chi connectivity index (χ4v) is 1.57. The first kappa shape index (κ1) is 12.5. The Labute approximate surface area is 96.6 Å². The average molecular weight is 218 g/mol. The van der Waals surface area contributed by atoms with E-state index in [1.54, 1.807) is 0 Å². The molecule has 86 valence electrons. The normalized spacial score (nSPS) is 11.5. The molecule has 1 aromatic rings. The second-order valence-corrected chi connectivity index (χ2v) is 4.00. The number of benzene rings is 1. The van der Waals surface area contributed by atoms with Gasteiger partial charge in [0.05, 0.1) is 0 Å². The van der Waals surface area contributed by atoms with Crippen molar-refractivity contribution in [2.24, 2.45) is 0 Å². The number of carboxylic acid groups (broad SMARTS) is 1. The van der Waals surface area contributed by atoms with Gasteiger partial charge in [-0.25, -0.2) is 4.79 Å². The van der Waals surface area contributed by atoms with Crippen molar-refractivity contribution in [3.8, 4) is 0 Å². The Kier molecular flexibility index (Phi) is 4.77. The highest BCUT2D eigenvalue weighted by molar-refractivity contribution is 5.80. The van der Waals surface area contributed by atoms with Gasteiger partial charge in [0.25, 0.3) is 0 Å². The van der Waals surface area contributed by atoms with Crippen molar-refractivity contribution >= 4 is 5.97 Å². The fourth-order valence-electron chi connectivity index (χ4n) is 1.57. The van der Waals surface area contributed by atoms with Crippen LogP contribution in [-0.4, -0.2) is 11.1 Å². The van der Waals surface area contributed by atoms with Gasteiger partial charge in [0.2, 0.25) is 0 Å². The molecule has 0 bridgehead atoms. The number of aryl methyl sites for hydroxylation is 2. The molecular formula is C14H18O2. The summed E-state index contributed by atoms with van der Waals surface area (Å²) in [5.41, 5.74) is 3.50. The van der Waals surface area contributed by atoms with E-state index in [-0.39, 0.29) is 0 Å². The number of aliphatic carboxylic acids is 1. The lowest BCUT2D eigenvalue weighted by atomic mass is 10.0. The molecule has 0 heterocycles.